The van der Waals surface area contributed by atoms with E-state index in [-0.39, 0.29) is 151 Å². The summed E-state index contributed by atoms with van der Waals surface area (Å²) in [6, 6.07) is -1.21. The Morgan fingerprint density at radius 2 is 1.12 bits per heavy atom. The molecule has 0 bridgehead atoms. The molecule has 1 saturated carbocycles. The number of aliphatic carboxylic acids is 3. The highest BCUT2D eigenvalue weighted by molar-refractivity contribution is 7.99. The number of thioether (sulfide) groups is 1. The Kier molecular flexibility index (Phi) is 40.4. The normalized spacial score (nSPS) is 15.4. The van der Waals surface area contributed by atoms with Crippen molar-refractivity contribution in [3.05, 3.63) is 0 Å². The van der Waals surface area contributed by atoms with Gasteiger partial charge in [0.2, 0.25) is 29.5 Å². The average molecular weight is 1090 g/mol. The fourth-order valence-corrected chi connectivity index (χ4v) is 9.00. The summed E-state index contributed by atoms with van der Waals surface area (Å²) in [6.07, 6.45) is 11.7. The molecular weight excluding hydrogens is 1000 g/mol. The van der Waals surface area contributed by atoms with Gasteiger partial charge in [0.15, 0.2) is 5.78 Å². The Morgan fingerprint density at radius 3 is 1.71 bits per heavy atom. The van der Waals surface area contributed by atoms with Crippen molar-refractivity contribution in [2.24, 2.45) is 23.7 Å². The molecule has 9 N–H and O–H groups in total. The number of hydrogen-bond acceptors (Lipinski definition) is 16. The van der Waals surface area contributed by atoms with Crippen LogP contribution in [0.2, 0.25) is 0 Å². The van der Waals surface area contributed by atoms with Crippen molar-refractivity contribution in [3.63, 3.8) is 0 Å². The van der Waals surface area contributed by atoms with Crippen molar-refractivity contribution < 1.29 is 87.3 Å². The Labute approximate surface area is 445 Å². The van der Waals surface area contributed by atoms with Crippen LogP contribution in [0.5, 0.6) is 0 Å². The number of carboxylic acid groups (broad SMARTS) is 3. The molecule has 0 radical (unpaired) electrons. The molecular formula is C51H87N5O18S. The van der Waals surface area contributed by atoms with Gasteiger partial charge in [0.25, 0.3) is 0 Å². The van der Waals surface area contributed by atoms with Crippen LogP contribution in [-0.2, 0) is 66.9 Å². The maximum absolute atomic E-state index is 12.9. The number of aliphatic hydroxyl groups is 1. The van der Waals surface area contributed by atoms with Gasteiger partial charge in [-0.05, 0) is 63.7 Å². The highest BCUT2D eigenvalue weighted by Crippen LogP contribution is 2.29. The summed E-state index contributed by atoms with van der Waals surface area (Å²) in [6.45, 7) is 3.15. The maximum atomic E-state index is 12.9. The van der Waals surface area contributed by atoms with Crippen molar-refractivity contribution in [2.75, 3.05) is 97.1 Å². The van der Waals surface area contributed by atoms with Crippen LogP contribution in [0, 0.1) is 23.7 Å². The molecule has 0 unspecified atom stereocenters. The van der Waals surface area contributed by atoms with E-state index in [1.165, 1.54) is 11.8 Å². The Balaban J connectivity index is 2.00. The third-order valence-electron chi connectivity index (χ3n) is 12.5. The van der Waals surface area contributed by atoms with Gasteiger partial charge in [0, 0.05) is 75.9 Å². The molecule has 0 saturated heterocycles. The van der Waals surface area contributed by atoms with E-state index in [9.17, 15) is 53.1 Å². The summed E-state index contributed by atoms with van der Waals surface area (Å²) >= 11 is 1.26. The fourth-order valence-electron chi connectivity index (χ4n) is 7.88. The molecule has 0 aliphatic heterocycles. The van der Waals surface area contributed by atoms with Crippen LogP contribution in [-0.4, -0.2) is 183 Å². The Morgan fingerprint density at radius 1 is 0.560 bits per heavy atom. The van der Waals surface area contributed by atoms with E-state index in [1.54, 1.807) is 6.92 Å². The van der Waals surface area contributed by atoms with Crippen LogP contribution >= 0.6 is 11.8 Å². The van der Waals surface area contributed by atoms with E-state index >= 15 is 0 Å². The zero-order valence-electron chi connectivity index (χ0n) is 44.0. The first-order chi connectivity index (χ1) is 36.1. The number of hydrogen-bond donors (Lipinski definition) is 9. The lowest BCUT2D eigenvalue weighted by Crippen LogP contribution is -2.45. The molecule has 3 atom stereocenters. The molecule has 1 aliphatic carbocycles. The van der Waals surface area contributed by atoms with Gasteiger partial charge in [0.1, 0.15) is 25.0 Å². The topological polar surface area (TPSA) is 349 Å². The number of ether oxygens (including phenoxy) is 4. The van der Waals surface area contributed by atoms with Gasteiger partial charge in [-0.15, -0.1) is 0 Å². The smallest absolute Gasteiger partial charge is 0.326 e. The monoisotopic (exact) mass is 1090 g/mol. The van der Waals surface area contributed by atoms with Crippen molar-refractivity contribution in [1.82, 2.24) is 26.6 Å². The summed E-state index contributed by atoms with van der Waals surface area (Å²) < 4.78 is 21.4. The summed E-state index contributed by atoms with van der Waals surface area (Å²) in [4.78, 5) is 120. The second kappa shape index (κ2) is 44.4. The zero-order chi connectivity index (χ0) is 55.5. The second-order valence-electron chi connectivity index (χ2n) is 18.7. The predicted octanol–water partition coefficient (Wildman–Crippen LogP) is 2.42. The molecule has 0 spiro atoms. The largest absolute Gasteiger partial charge is 0.481 e. The quantitative estimate of drug-likeness (QED) is 0.0395. The minimum atomic E-state index is -1.23. The highest BCUT2D eigenvalue weighted by Gasteiger charge is 2.30. The van der Waals surface area contributed by atoms with Crippen LogP contribution < -0.4 is 26.6 Å². The molecule has 0 aromatic heterocycles. The molecule has 1 fully saturated rings. The van der Waals surface area contributed by atoms with Gasteiger partial charge in [-0.2, -0.15) is 11.8 Å². The first kappa shape index (κ1) is 68.3. The number of unbranched alkanes of at least 4 members (excludes halogenated alkanes) is 7. The minimum Gasteiger partial charge on any atom is -0.481 e. The van der Waals surface area contributed by atoms with Crippen LogP contribution in [0.3, 0.4) is 0 Å². The van der Waals surface area contributed by atoms with Gasteiger partial charge in [0.05, 0.1) is 57.9 Å². The van der Waals surface area contributed by atoms with Crippen LogP contribution in [0.15, 0.2) is 0 Å². The Bertz CT molecular complexity index is 1700. The number of ketones is 2. The number of carbonyl (C=O) groups is 10. The number of carbonyl (C=O) groups excluding carboxylic acids is 7. The third-order valence-corrected chi connectivity index (χ3v) is 13.6. The van der Waals surface area contributed by atoms with E-state index in [0.717, 1.165) is 64.2 Å². The predicted molar refractivity (Wildman–Crippen MR) is 277 cm³/mol. The maximum Gasteiger partial charge on any atom is 0.326 e. The lowest BCUT2D eigenvalue weighted by atomic mass is 9.81. The van der Waals surface area contributed by atoms with Crippen LogP contribution in [0.25, 0.3) is 0 Å². The average Bonchev–Trinajstić information content (AvgIpc) is 3.38. The number of Topliss-reactive ketones (excluding diaryl/α,β-unsaturated/α-hetero) is 2. The van der Waals surface area contributed by atoms with Crippen LogP contribution in [0.4, 0.5) is 0 Å². The van der Waals surface area contributed by atoms with Gasteiger partial charge >= 0.3 is 17.9 Å². The molecule has 5 amide bonds. The second-order valence-corrected chi connectivity index (χ2v) is 19.7. The van der Waals surface area contributed by atoms with Crippen molar-refractivity contribution in [2.45, 2.75) is 141 Å². The summed E-state index contributed by atoms with van der Waals surface area (Å²) in [7, 11) is 0. The van der Waals surface area contributed by atoms with Crippen molar-refractivity contribution >= 4 is 70.8 Å². The highest BCUT2D eigenvalue weighted by atomic mass is 32.2. The Hall–Kier alpha value is -4.75. The summed E-state index contributed by atoms with van der Waals surface area (Å²) in [5, 5.41) is 50.2. The zero-order valence-corrected chi connectivity index (χ0v) is 44.9. The number of carboxylic acids is 3. The van der Waals surface area contributed by atoms with E-state index in [1.807, 2.05) is 0 Å². The van der Waals surface area contributed by atoms with Crippen LogP contribution in [0.1, 0.15) is 135 Å². The van der Waals surface area contributed by atoms with Gasteiger partial charge in [-0.3, -0.25) is 43.2 Å². The molecule has 0 aromatic rings. The molecule has 1 rings (SSSR count). The summed E-state index contributed by atoms with van der Waals surface area (Å²) in [5.41, 5.74) is 0. The van der Waals surface area contributed by atoms with E-state index in [2.05, 4.69) is 26.6 Å². The number of aliphatic hydroxyl groups excluding tert-OH is 1. The molecule has 23 nitrogen and oxygen atoms in total. The molecule has 0 heterocycles. The van der Waals surface area contributed by atoms with Crippen molar-refractivity contribution in [1.29, 1.82) is 0 Å². The SMILES string of the molecule is CC[C@@H](CSCC(=O)NCCCC(=O)COCCOCCNC(=O)COCCOCCNC(=O)CC[C@H](NC(=O)C1CCC(CNC(=O)CCCCCCCCCCC(=O)O)CC1)C(=O)O)C(=O)C[C@@H](CO)C(=O)O. The minimum absolute atomic E-state index is 0.0185. The van der Waals surface area contributed by atoms with Crippen molar-refractivity contribution in [3.8, 4) is 0 Å². The van der Waals surface area contributed by atoms with E-state index in [4.69, 9.17) is 34.3 Å². The molecule has 430 valence electrons. The lowest BCUT2D eigenvalue weighted by Gasteiger charge is -2.28. The number of nitrogens with one attached hydrogen (secondary N) is 5. The molecule has 24 heteroatoms. The van der Waals surface area contributed by atoms with E-state index < -0.39 is 48.3 Å². The molecule has 75 heavy (non-hydrogen) atoms. The molecule has 0 aromatic carbocycles. The van der Waals surface area contributed by atoms with Gasteiger partial charge in [-0.1, -0.05) is 45.4 Å². The number of rotatable bonds is 49. The molecule has 1 aliphatic rings. The standard InChI is InChI=1S/C51H87N5O18S/c1-2-38(43(59)30-40(32-57)50(67)68)35-75-36-47(63)52-21-11-12-41(58)33-73-28-26-72-25-23-54-46(62)34-74-29-27-71-24-22-53-45(61)20-19-42(51(69)70)56-49(66)39-17-15-37(16-18-39)31-55-44(60)13-9-7-5-3-4-6-8-10-14-48(64)65/h37-40,42,57H,2-36H2,1H3,(H,52,63)(H,53,61)(H,54,62)(H,55,60)(H,56,66)(H,64,65)(H,67,68)(H,69,70)/t37?,38-,39?,40-,42-/m0/s1. The van der Waals surface area contributed by atoms with Gasteiger partial charge in [-0.25, -0.2) is 4.79 Å². The fraction of sp³-hybridized carbons (Fsp3) is 0.804. The summed E-state index contributed by atoms with van der Waals surface area (Å²) in [5.74, 6) is -6.09. The first-order valence-corrected chi connectivity index (χ1v) is 27.8. The lowest BCUT2D eigenvalue weighted by molar-refractivity contribution is -0.145. The third kappa shape index (κ3) is 37.6. The van der Waals surface area contributed by atoms with E-state index in [0.29, 0.717) is 50.9 Å². The number of amides is 5. The first-order valence-electron chi connectivity index (χ1n) is 26.6. The van der Waals surface area contributed by atoms with Gasteiger partial charge < -0.3 is 66.0 Å².